The second-order valence-corrected chi connectivity index (χ2v) is 9.24. The molecule has 1 saturated heterocycles. The maximum Gasteiger partial charge on any atom is 0.336 e. The molecule has 0 amide bonds. The number of aromatic carboxylic acids is 1. The van der Waals surface area contributed by atoms with E-state index in [2.05, 4.69) is 16.8 Å². The maximum atomic E-state index is 12.0. The molecule has 4 nitrogen and oxygen atoms in total. The number of H-pyrrole nitrogens is 1. The van der Waals surface area contributed by atoms with Gasteiger partial charge in [-0.05, 0) is 83.8 Å². The number of benzene rings is 3. The lowest BCUT2D eigenvalue weighted by Gasteiger charge is -2.22. The molecule has 0 bridgehead atoms. The number of aromatic nitrogens is 1. The van der Waals surface area contributed by atoms with Gasteiger partial charge in [0.15, 0.2) is 0 Å². The first-order valence-electron chi connectivity index (χ1n) is 11.0. The monoisotopic (exact) mass is 453 g/mol. The lowest BCUT2D eigenvalue weighted by molar-refractivity contribution is 0.0697. The van der Waals surface area contributed by atoms with Crippen molar-refractivity contribution in [2.24, 2.45) is 0 Å². The van der Waals surface area contributed by atoms with Crippen LogP contribution in [-0.4, -0.2) is 33.7 Å². The zero-order chi connectivity index (χ0) is 22.6. The van der Waals surface area contributed by atoms with Crippen LogP contribution in [0.25, 0.3) is 22.0 Å². The van der Waals surface area contributed by atoms with Crippen LogP contribution in [-0.2, 0) is 0 Å². The lowest BCUT2D eigenvalue weighted by Crippen LogP contribution is -2.21. The van der Waals surface area contributed by atoms with E-state index in [-0.39, 0.29) is 5.56 Å². The van der Waals surface area contributed by atoms with Crippen LogP contribution >= 0.6 is 11.8 Å². The van der Waals surface area contributed by atoms with Crippen molar-refractivity contribution in [3.8, 4) is 28.7 Å². The summed E-state index contributed by atoms with van der Waals surface area (Å²) in [5, 5.41) is 10.9. The third-order valence-corrected chi connectivity index (χ3v) is 6.85. The zero-order valence-electron chi connectivity index (χ0n) is 18.0. The molecular formula is C28H23NO3S. The first kappa shape index (κ1) is 21.2. The summed E-state index contributed by atoms with van der Waals surface area (Å²) in [5.41, 5.74) is 4.18. The van der Waals surface area contributed by atoms with Gasteiger partial charge in [-0.25, -0.2) is 4.79 Å². The Morgan fingerprint density at radius 1 is 1.00 bits per heavy atom. The third kappa shape index (κ3) is 4.76. The van der Waals surface area contributed by atoms with Crippen molar-refractivity contribution in [3.63, 3.8) is 0 Å². The molecule has 3 aromatic carbocycles. The molecule has 0 saturated carbocycles. The first-order chi connectivity index (χ1) is 16.2. The Bertz CT molecular complexity index is 1360. The molecule has 2 N–H and O–H groups in total. The summed E-state index contributed by atoms with van der Waals surface area (Å²) in [6.07, 6.45) is 4.34. The molecule has 5 rings (SSSR count). The third-order valence-electron chi connectivity index (χ3n) is 5.81. The molecule has 1 aliphatic heterocycles. The largest absolute Gasteiger partial charge is 0.490 e. The smallest absolute Gasteiger partial charge is 0.336 e. The van der Waals surface area contributed by atoms with E-state index in [1.165, 1.54) is 0 Å². The van der Waals surface area contributed by atoms with Crippen molar-refractivity contribution in [3.05, 3.63) is 89.6 Å². The van der Waals surface area contributed by atoms with Crippen LogP contribution in [0.5, 0.6) is 5.75 Å². The fraction of sp³-hybridized carbons (Fsp3) is 0.179. The molecule has 0 radical (unpaired) electrons. The predicted octanol–water partition coefficient (Wildman–Crippen LogP) is 6.21. The Balaban J connectivity index is 1.45. The highest BCUT2D eigenvalue weighted by Crippen LogP contribution is 2.30. The SMILES string of the molecule is O=C(O)c1cccc(C#Cc2ccc(OC3CCSCC3)cc2)c1-c1ccc2cc[nH]c2c1. The van der Waals surface area contributed by atoms with Gasteiger partial charge >= 0.3 is 5.97 Å². The number of rotatable bonds is 4. The van der Waals surface area contributed by atoms with Crippen molar-refractivity contribution in [2.45, 2.75) is 18.9 Å². The molecule has 5 heteroatoms. The van der Waals surface area contributed by atoms with E-state index in [9.17, 15) is 9.90 Å². The minimum Gasteiger partial charge on any atom is -0.490 e. The van der Waals surface area contributed by atoms with E-state index >= 15 is 0 Å². The van der Waals surface area contributed by atoms with Gasteiger partial charge in [0.25, 0.3) is 0 Å². The number of fused-ring (bicyclic) bond motifs is 1. The van der Waals surface area contributed by atoms with Gasteiger partial charge in [-0.15, -0.1) is 0 Å². The number of ether oxygens (including phenoxy) is 1. The van der Waals surface area contributed by atoms with Gasteiger partial charge in [0.2, 0.25) is 0 Å². The fourth-order valence-corrected chi connectivity index (χ4v) is 5.15. The van der Waals surface area contributed by atoms with Crippen molar-refractivity contribution in [1.29, 1.82) is 0 Å². The number of hydrogen-bond acceptors (Lipinski definition) is 3. The summed E-state index contributed by atoms with van der Waals surface area (Å²) in [6.45, 7) is 0. The fourth-order valence-electron chi connectivity index (χ4n) is 4.09. The molecule has 2 heterocycles. The molecule has 1 aliphatic rings. The van der Waals surface area contributed by atoms with E-state index in [0.29, 0.717) is 17.2 Å². The van der Waals surface area contributed by atoms with Gasteiger partial charge in [0.1, 0.15) is 11.9 Å². The molecular weight excluding hydrogens is 430 g/mol. The Morgan fingerprint density at radius 2 is 1.82 bits per heavy atom. The minimum atomic E-state index is -0.970. The summed E-state index contributed by atoms with van der Waals surface area (Å²) in [7, 11) is 0. The van der Waals surface area contributed by atoms with Crippen LogP contribution in [0.2, 0.25) is 0 Å². The Hall–Kier alpha value is -3.62. The molecule has 4 aromatic rings. The van der Waals surface area contributed by atoms with Crippen molar-refractivity contribution in [2.75, 3.05) is 11.5 Å². The molecule has 0 aliphatic carbocycles. The first-order valence-corrected chi connectivity index (χ1v) is 12.1. The Morgan fingerprint density at radius 3 is 2.61 bits per heavy atom. The molecule has 1 fully saturated rings. The molecule has 0 atom stereocenters. The van der Waals surface area contributed by atoms with Gasteiger partial charge in [0, 0.05) is 28.4 Å². The van der Waals surface area contributed by atoms with Gasteiger partial charge in [-0.2, -0.15) is 11.8 Å². The number of hydrogen-bond donors (Lipinski definition) is 2. The summed E-state index contributed by atoms with van der Waals surface area (Å²) in [6, 6.07) is 20.9. The standard InChI is InChI=1S/C28H23NO3S/c30-28(31)25-3-1-2-21(27(25)22-9-8-20-12-15-29-26(20)18-22)7-4-19-5-10-23(11-6-19)32-24-13-16-33-17-14-24/h1-3,5-6,8-12,15,18,24,29H,13-14,16-17H2,(H,30,31). The maximum absolute atomic E-state index is 12.0. The number of thioether (sulfide) groups is 1. The van der Waals surface area contributed by atoms with E-state index in [1.54, 1.807) is 12.1 Å². The molecule has 33 heavy (non-hydrogen) atoms. The van der Waals surface area contributed by atoms with Gasteiger partial charge in [-0.1, -0.05) is 30.0 Å². The van der Waals surface area contributed by atoms with E-state index in [4.69, 9.17) is 4.74 Å². The van der Waals surface area contributed by atoms with Crippen molar-refractivity contribution in [1.82, 2.24) is 4.98 Å². The van der Waals surface area contributed by atoms with Crippen LogP contribution in [0.15, 0.2) is 72.9 Å². The van der Waals surface area contributed by atoms with Crippen LogP contribution in [0.1, 0.15) is 34.3 Å². The molecule has 1 aromatic heterocycles. The number of nitrogens with one attached hydrogen (secondary N) is 1. The number of aromatic amines is 1. The topological polar surface area (TPSA) is 62.3 Å². The second kappa shape index (κ2) is 9.48. The summed E-state index contributed by atoms with van der Waals surface area (Å²) in [5.74, 6) is 8.60. The number of carboxylic acids is 1. The predicted molar refractivity (Wildman–Crippen MR) is 134 cm³/mol. The van der Waals surface area contributed by atoms with Crippen LogP contribution in [0.3, 0.4) is 0 Å². The zero-order valence-corrected chi connectivity index (χ0v) is 18.8. The quantitative estimate of drug-likeness (QED) is 0.361. The van der Waals surface area contributed by atoms with Gasteiger partial charge < -0.3 is 14.8 Å². The summed E-state index contributed by atoms with van der Waals surface area (Å²) in [4.78, 5) is 15.2. The lowest BCUT2D eigenvalue weighted by atomic mass is 9.93. The highest BCUT2D eigenvalue weighted by molar-refractivity contribution is 7.99. The Labute approximate surface area is 197 Å². The van der Waals surface area contributed by atoms with E-state index in [1.807, 2.05) is 72.6 Å². The summed E-state index contributed by atoms with van der Waals surface area (Å²) < 4.78 is 6.09. The van der Waals surface area contributed by atoms with E-state index in [0.717, 1.165) is 52.1 Å². The highest BCUT2D eigenvalue weighted by atomic mass is 32.2. The average molecular weight is 454 g/mol. The van der Waals surface area contributed by atoms with E-state index < -0.39 is 5.97 Å². The highest BCUT2D eigenvalue weighted by Gasteiger charge is 2.16. The number of carboxylic acid groups (broad SMARTS) is 1. The number of carbonyl (C=O) groups is 1. The van der Waals surface area contributed by atoms with Crippen LogP contribution < -0.4 is 4.74 Å². The Kier molecular flexibility index (Phi) is 6.10. The minimum absolute atomic E-state index is 0.238. The molecule has 0 spiro atoms. The molecule has 164 valence electrons. The molecule has 0 unspecified atom stereocenters. The second-order valence-electron chi connectivity index (χ2n) is 8.02. The van der Waals surface area contributed by atoms with Crippen LogP contribution in [0, 0.1) is 11.8 Å². The van der Waals surface area contributed by atoms with Gasteiger partial charge in [0.05, 0.1) is 5.56 Å². The average Bonchev–Trinajstić information content (AvgIpc) is 3.32. The van der Waals surface area contributed by atoms with Crippen LogP contribution in [0.4, 0.5) is 0 Å². The van der Waals surface area contributed by atoms with Crippen molar-refractivity contribution < 1.29 is 14.6 Å². The van der Waals surface area contributed by atoms with Crippen molar-refractivity contribution >= 4 is 28.6 Å². The normalized spacial score (nSPS) is 13.9. The van der Waals surface area contributed by atoms with Gasteiger partial charge in [-0.3, -0.25) is 0 Å². The summed E-state index contributed by atoms with van der Waals surface area (Å²) >= 11 is 1.98.